The Morgan fingerprint density at radius 1 is 1.47 bits per heavy atom. The minimum absolute atomic E-state index is 0. The molecule has 1 aromatic rings. The van der Waals surface area contributed by atoms with Crippen molar-refractivity contribution in [2.75, 3.05) is 0 Å². The number of halogens is 3. The van der Waals surface area contributed by atoms with Crippen LogP contribution >= 0.6 is 24.0 Å². The number of hydrogen-bond donors (Lipinski definition) is 2. The Hall–Kier alpha value is -0.840. The van der Waals surface area contributed by atoms with E-state index in [0.717, 1.165) is 0 Å². The fraction of sp³-hybridized carbons (Fsp3) is 0.364. The van der Waals surface area contributed by atoms with Gasteiger partial charge in [-0.3, -0.25) is 4.79 Å². The molecule has 0 aromatic heterocycles. The molecule has 0 spiro atoms. The van der Waals surface area contributed by atoms with Gasteiger partial charge in [-0.25, -0.2) is 4.39 Å². The van der Waals surface area contributed by atoms with Gasteiger partial charge in [-0.1, -0.05) is 17.7 Å². The fourth-order valence-electron chi connectivity index (χ4n) is 1.34. The molecular formula is C11H15Cl2FN2O. The second-order valence-electron chi connectivity index (χ2n) is 3.65. The van der Waals surface area contributed by atoms with Crippen LogP contribution in [-0.4, -0.2) is 11.9 Å². The molecule has 0 bridgehead atoms. The zero-order valence-corrected chi connectivity index (χ0v) is 11.1. The van der Waals surface area contributed by atoms with E-state index in [1.807, 2.05) is 0 Å². The van der Waals surface area contributed by atoms with Crippen molar-refractivity contribution < 1.29 is 9.18 Å². The first kappa shape index (κ1) is 16.2. The summed E-state index contributed by atoms with van der Waals surface area (Å²) >= 11 is 5.86. The molecule has 1 aromatic carbocycles. The molecule has 6 heteroatoms. The van der Waals surface area contributed by atoms with Crippen LogP contribution in [0.1, 0.15) is 25.5 Å². The normalized spacial score (nSPS) is 13.5. The topological polar surface area (TPSA) is 55.1 Å². The Labute approximate surface area is 111 Å². The molecule has 1 unspecified atom stereocenters. The van der Waals surface area contributed by atoms with Gasteiger partial charge in [0.15, 0.2) is 0 Å². The highest BCUT2D eigenvalue weighted by atomic mass is 35.5. The minimum atomic E-state index is -0.631. The predicted molar refractivity (Wildman–Crippen MR) is 68.9 cm³/mol. The van der Waals surface area contributed by atoms with Crippen LogP contribution in [-0.2, 0) is 4.79 Å². The average molecular weight is 281 g/mol. The molecule has 0 radical (unpaired) electrons. The van der Waals surface area contributed by atoms with Crippen LogP contribution in [0.3, 0.4) is 0 Å². The lowest BCUT2D eigenvalue weighted by atomic mass is 10.1. The Morgan fingerprint density at radius 2 is 2.06 bits per heavy atom. The third kappa shape index (κ3) is 4.15. The summed E-state index contributed by atoms with van der Waals surface area (Å²) in [7, 11) is 0. The van der Waals surface area contributed by atoms with Crippen molar-refractivity contribution in [3.8, 4) is 0 Å². The molecule has 1 rings (SSSR count). The van der Waals surface area contributed by atoms with Gasteiger partial charge in [-0.15, -0.1) is 12.4 Å². The maximum atomic E-state index is 13.5. The first-order valence-corrected chi connectivity index (χ1v) is 5.31. The lowest BCUT2D eigenvalue weighted by Gasteiger charge is -2.17. The van der Waals surface area contributed by atoms with Crippen molar-refractivity contribution >= 4 is 29.9 Å². The molecule has 96 valence electrons. The zero-order valence-electron chi connectivity index (χ0n) is 9.54. The van der Waals surface area contributed by atoms with Gasteiger partial charge in [0.2, 0.25) is 5.91 Å². The number of hydrogen-bond acceptors (Lipinski definition) is 2. The van der Waals surface area contributed by atoms with Gasteiger partial charge in [-0.05, 0) is 26.0 Å². The van der Waals surface area contributed by atoms with E-state index < -0.39 is 17.9 Å². The molecule has 17 heavy (non-hydrogen) atoms. The first-order chi connectivity index (χ1) is 7.43. The quantitative estimate of drug-likeness (QED) is 0.894. The molecule has 0 saturated heterocycles. The van der Waals surface area contributed by atoms with E-state index in [0.29, 0.717) is 0 Å². The second kappa shape index (κ2) is 6.79. The van der Waals surface area contributed by atoms with Crippen molar-refractivity contribution in [2.24, 2.45) is 5.73 Å². The third-order valence-corrected chi connectivity index (χ3v) is 2.53. The third-order valence-electron chi connectivity index (χ3n) is 2.21. The van der Waals surface area contributed by atoms with E-state index >= 15 is 0 Å². The van der Waals surface area contributed by atoms with Gasteiger partial charge >= 0.3 is 0 Å². The maximum Gasteiger partial charge on any atom is 0.237 e. The Bertz CT molecular complexity index is 379. The lowest BCUT2D eigenvalue weighted by molar-refractivity contribution is -0.122. The van der Waals surface area contributed by atoms with Gasteiger partial charge in [0.1, 0.15) is 5.82 Å². The SMILES string of the molecule is CC(NC(=O)[C@H](C)N)c1c(F)cccc1Cl.Cl. The van der Waals surface area contributed by atoms with Crippen LogP contribution in [0.25, 0.3) is 0 Å². The summed E-state index contributed by atoms with van der Waals surface area (Å²) < 4.78 is 13.5. The van der Waals surface area contributed by atoms with E-state index in [-0.39, 0.29) is 28.9 Å². The van der Waals surface area contributed by atoms with Gasteiger partial charge in [0, 0.05) is 10.6 Å². The van der Waals surface area contributed by atoms with E-state index in [9.17, 15) is 9.18 Å². The molecule has 0 aliphatic heterocycles. The van der Waals surface area contributed by atoms with Gasteiger partial charge < -0.3 is 11.1 Å². The van der Waals surface area contributed by atoms with Crippen molar-refractivity contribution in [3.05, 3.63) is 34.6 Å². The molecule has 3 N–H and O–H groups in total. The summed E-state index contributed by atoms with van der Waals surface area (Å²) in [6.45, 7) is 3.22. The zero-order chi connectivity index (χ0) is 12.3. The van der Waals surface area contributed by atoms with E-state index in [2.05, 4.69) is 5.32 Å². The number of nitrogens with two attached hydrogens (primary N) is 1. The largest absolute Gasteiger partial charge is 0.348 e. The molecule has 0 saturated carbocycles. The van der Waals surface area contributed by atoms with Crippen molar-refractivity contribution in [2.45, 2.75) is 25.9 Å². The van der Waals surface area contributed by atoms with Crippen LogP contribution in [0.2, 0.25) is 5.02 Å². The molecule has 0 aliphatic carbocycles. The van der Waals surface area contributed by atoms with E-state index in [1.54, 1.807) is 19.9 Å². The maximum absolute atomic E-state index is 13.5. The highest BCUT2D eigenvalue weighted by Crippen LogP contribution is 2.25. The highest BCUT2D eigenvalue weighted by Gasteiger charge is 2.18. The van der Waals surface area contributed by atoms with Crippen LogP contribution < -0.4 is 11.1 Å². The number of nitrogens with one attached hydrogen (secondary N) is 1. The lowest BCUT2D eigenvalue weighted by Crippen LogP contribution is -2.39. The van der Waals surface area contributed by atoms with Crippen LogP contribution in [0.15, 0.2) is 18.2 Å². The Balaban J connectivity index is 0.00000256. The molecule has 0 fully saturated rings. The minimum Gasteiger partial charge on any atom is -0.348 e. The number of benzene rings is 1. The summed E-state index contributed by atoms with van der Waals surface area (Å²) in [5.41, 5.74) is 5.68. The van der Waals surface area contributed by atoms with Crippen molar-refractivity contribution in [1.82, 2.24) is 5.32 Å². The standard InChI is InChI=1S/C11H14ClFN2O.ClH/c1-6(14)11(16)15-7(2)10-8(12)4-3-5-9(10)13;/h3-7H,14H2,1-2H3,(H,15,16);1H/t6-,7?;/m0./s1. The molecule has 1 amide bonds. The van der Waals surface area contributed by atoms with Crippen LogP contribution in [0, 0.1) is 5.82 Å². The molecular weight excluding hydrogens is 266 g/mol. The summed E-state index contributed by atoms with van der Waals surface area (Å²) in [5, 5.41) is 2.88. The molecule has 2 atom stereocenters. The summed E-state index contributed by atoms with van der Waals surface area (Å²) in [6.07, 6.45) is 0. The smallest absolute Gasteiger partial charge is 0.237 e. The number of rotatable bonds is 3. The predicted octanol–water partition coefficient (Wildman–Crippen LogP) is 2.43. The van der Waals surface area contributed by atoms with E-state index in [1.165, 1.54) is 12.1 Å². The van der Waals surface area contributed by atoms with Crippen molar-refractivity contribution in [1.29, 1.82) is 0 Å². The van der Waals surface area contributed by atoms with Gasteiger partial charge in [-0.2, -0.15) is 0 Å². The average Bonchev–Trinajstić information content (AvgIpc) is 2.16. The molecule has 0 aliphatic rings. The first-order valence-electron chi connectivity index (χ1n) is 4.93. The summed E-state index contributed by atoms with van der Waals surface area (Å²) in [5.74, 6) is -0.781. The number of amides is 1. The second-order valence-corrected chi connectivity index (χ2v) is 4.06. The Morgan fingerprint density at radius 3 is 2.53 bits per heavy atom. The summed E-state index contributed by atoms with van der Waals surface area (Å²) in [6, 6.07) is 3.26. The van der Waals surface area contributed by atoms with Gasteiger partial charge in [0.25, 0.3) is 0 Å². The van der Waals surface area contributed by atoms with Crippen LogP contribution in [0.4, 0.5) is 4.39 Å². The number of carbonyl (C=O) groups is 1. The number of carbonyl (C=O) groups excluding carboxylic acids is 1. The van der Waals surface area contributed by atoms with E-state index in [4.69, 9.17) is 17.3 Å². The van der Waals surface area contributed by atoms with Gasteiger partial charge in [0.05, 0.1) is 12.1 Å². The van der Waals surface area contributed by atoms with Crippen LogP contribution in [0.5, 0.6) is 0 Å². The summed E-state index contributed by atoms with van der Waals surface area (Å²) in [4.78, 5) is 11.3. The van der Waals surface area contributed by atoms with Crippen molar-refractivity contribution in [3.63, 3.8) is 0 Å². The Kier molecular flexibility index (Phi) is 6.45. The fourth-order valence-corrected chi connectivity index (χ4v) is 1.67. The molecule has 0 heterocycles. The monoisotopic (exact) mass is 280 g/mol. The molecule has 3 nitrogen and oxygen atoms in total. The highest BCUT2D eigenvalue weighted by molar-refractivity contribution is 6.31.